The molecule has 1 aromatic heterocycles. The quantitative estimate of drug-likeness (QED) is 0.804. The lowest BCUT2D eigenvalue weighted by atomic mass is 10.2. The number of aromatic nitrogens is 3. The summed E-state index contributed by atoms with van der Waals surface area (Å²) < 4.78 is 1.47. The van der Waals surface area contributed by atoms with Crippen molar-refractivity contribution in [1.29, 1.82) is 0 Å². The van der Waals surface area contributed by atoms with Crippen molar-refractivity contribution >= 4 is 23.4 Å². The van der Waals surface area contributed by atoms with Gasteiger partial charge in [0.2, 0.25) is 0 Å². The number of H-pyrrole nitrogens is 1. The highest BCUT2D eigenvalue weighted by atomic mass is 35.5. The normalized spacial score (nSPS) is 10.9. The molecule has 0 aliphatic carbocycles. The number of aromatic amines is 1. The summed E-state index contributed by atoms with van der Waals surface area (Å²) in [6, 6.07) is 5.80. The minimum Gasteiger partial charge on any atom is -0.313 e. The Morgan fingerprint density at radius 2 is 2.30 bits per heavy atom. The predicted molar refractivity (Wildman–Crippen MR) is 81.4 cm³/mol. The van der Waals surface area contributed by atoms with E-state index in [2.05, 4.69) is 22.4 Å². The largest absolute Gasteiger partial charge is 0.343 e. The molecule has 0 radical (unpaired) electrons. The first-order valence-electron chi connectivity index (χ1n) is 6.40. The summed E-state index contributed by atoms with van der Waals surface area (Å²) >= 11 is 7.67. The third-order valence-electron chi connectivity index (χ3n) is 2.82. The van der Waals surface area contributed by atoms with Crippen LogP contribution in [0.1, 0.15) is 18.9 Å². The fourth-order valence-electron chi connectivity index (χ4n) is 1.72. The van der Waals surface area contributed by atoms with Crippen LogP contribution in [0.25, 0.3) is 0 Å². The number of hydrogen-bond donors (Lipinski definition) is 2. The Morgan fingerprint density at radius 3 is 2.95 bits per heavy atom. The molecule has 1 heterocycles. The highest BCUT2D eigenvalue weighted by Crippen LogP contribution is 2.34. The molecular weight excluding hydrogens is 296 g/mol. The molecule has 0 bridgehead atoms. The lowest BCUT2D eigenvalue weighted by molar-refractivity contribution is 0.669. The smallest absolute Gasteiger partial charge is 0.313 e. The highest BCUT2D eigenvalue weighted by Gasteiger charge is 2.13. The molecule has 0 amide bonds. The Labute approximate surface area is 126 Å². The molecule has 0 saturated heterocycles. The van der Waals surface area contributed by atoms with Crippen LogP contribution in [0.4, 0.5) is 0 Å². The van der Waals surface area contributed by atoms with Gasteiger partial charge in [-0.25, -0.2) is 9.89 Å². The summed E-state index contributed by atoms with van der Waals surface area (Å²) in [6.07, 6.45) is 1.08. The van der Waals surface area contributed by atoms with E-state index in [1.807, 2.05) is 18.2 Å². The Kier molecular flexibility index (Phi) is 5.28. The minimum absolute atomic E-state index is 0.231. The van der Waals surface area contributed by atoms with Crippen molar-refractivity contribution in [3.8, 4) is 0 Å². The summed E-state index contributed by atoms with van der Waals surface area (Å²) in [5, 5.41) is 11.0. The molecule has 5 nitrogen and oxygen atoms in total. The van der Waals surface area contributed by atoms with Gasteiger partial charge in [0.15, 0.2) is 5.16 Å². The van der Waals surface area contributed by atoms with Gasteiger partial charge < -0.3 is 5.32 Å². The lowest BCUT2D eigenvalue weighted by Gasteiger charge is -2.11. The average Bonchev–Trinajstić information content (AvgIpc) is 2.74. The van der Waals surface area contributed by atoms with E-state index in [0.717, 1.165) is 30.0 Å². The lowest BCUT2D eigenvalue weighted by Crippen LogP contribution is -2.15. The second-order valence-corrected chi connectivity index (χ2v) is 5.76. The van der Waals surface area contributed by atoms with E-state index in [0.29, 0.717) is 10.2 Å². The van der Waals surface area contributed by atoms with Crippen LogP contribution in [0, 0.1) is 0 Å². The van der Waals surface area contributed by atoms with Gasteiger partial charge >= 0.3 is 5.69 Å². The maximum atomic E-state index is 11.4. The van der Waals surface area contributed by atoms with Crippen LogP contribution in [0.3, 0.4) is 0 Å². The molecule has 7 heteroatoms. The molecule has 0 aliphatic rings. The molecule has 2 N–H and O–H groups in total. The van der Waals surface area contributed by atoms with E-state index in [9.17, 15) is 4.79 Å². The summed E-state index contributed by atoms with van der Waals surface area (Å²) in [4.78, 5) is 12.3. The number of halogens is 1. The van der Waals surface area contributed by atoms with Crippen molar-refractivity contribution in [2.45, 2.75) is 29.9 Å². The fourth-order valence-corrected chi connectivity index (χ4v) is 2.96. The Balaban J connectivity index is 2.25. The first kappa shape index (κ1) is 15.2. The first-order valence-corrected chi connectivity index (χ1v) is 7.60. The van der Waals surface area contributed by atoms with Crippen LogP contribution in [-0.2, 0) is 13.6 Å². The van der Waals surface area contributed by atoms with Crippen LogP contribution in [0.5, 0.6) is 0 Å². The van der Waals surface area contributed by atoms with E-state index < -0.39 is 0 Å². The van der Waals surface area contributed by atoms with Crippen molar-refractivity contribution in [3.05, 3.63) is 39.3 Å². The second-order valence-electron chi connectivity index (χ2n) is 4.38. The third kappa shape index (κ3) is 3.45. The third-order valence-corrected chi connectivity index (χ3v) is 4.48. The number of hydrogen-bond acceptors (Lipinski definition) is 4. The number of benzene rings is 1. The molecule has 2 aromatic rings. The zero-order valence-electron chi connectivity index (χ0n) is 11.4. The van der Waals surface area contributed by atoms with Gasteiger partial charge in [0.25, 0.3) is 0 Å². The van der Waals surface area contributed by atoms with Gasteiger partial charge in [0.05, 0.1) is 5.02 Å². The second kappa shape index (κ2) is 6.97. The number of nitrogens with one attached hydrogen (secondary N) is 2. The zero-order chi connectivity index (χ0) is 14.5. The van der Waals surface area contributed by atoms with E-state index in [1.54, 1.807) is 7.05 Å². The summed E-state index contributed by atoms with van der Waals surface area (Å²) in [5.74, 6) is 0. The minimum atomic E-state index is -0.231. The Hall–Kier alpha value is -1.24. The van der Waals surface area contributed by atoms with Crippen molar-refractivity contribution in [2.24, 2.45) is 7.05 Å². The van der Waals surface area contributed by atoms with Crippen LogP contribution >= 0.6 is 23.4 Å². The maximum Gasteiger partial charge on any atom is 0.343 e. The molecule has 0 fully saturated rings. The predicted octanol–water partition coefficient (Wildman–Crippen LogP) is 2.41. The SMILES string of the molecule is CCCNCc1cccc(Cl)c1Sc1n[nH]c(=O)n1C. The zero-order valence-corrected chi connectivity index (χ0v) is 13.0. The van der Waals surface area contributed by atoms with Crippen molar-refractivity contribution in [1.82, 2.24) is 20.1 Å². The van der Waals surface area contributed by atoms with E-state index in [1.165, 1.54) is 16.3 Å². The molecular formula is C13H17ClN4OS. The molecule has 1 aromatic carbocycles. The molecule has 108 valence electrons. The van der Waals surface area contributed by atoms with E-state index >= 15 is 0 Å². The van der Waals surface area contributed by atoms with Gasteiger partial charge in [-0.05, 0) is 36.4 Å². The highest BCUT2D eigenvalue weighted by molar-refractivity contribution is 7.99. The standard InChI is InChI=1S/C13H17ClN4OS/c1-3-7-15-8-9-5-4-6-10(14)11(9)20-13-17-16-12(19)18(13)2/h4-6,15H,3,7-8H2,1-2H3,(H,16,19). The van der Waals surface area contributed by atoms with Crippen LogP contribution < -0.4 is 11.0 Å². The summed E-state index contributed by atoms with van der Waals surface area (Å²) in [7, 11) is 1.68. The molecule has 20 heavy (non-hydrogen) atoms. The van der Waals surface area contributed by atoms with Gasteiger partial charge in [0.1, 0.15) is 0 Å². The van der Waals surface area contributed by atoms with Gasteiger partial charge in [-0.1, -0.05) is 30.7 Å². The van der Waals surface area contributed by atoms with Crippen LogP contribution in [0.2, 0.25) is 5.02 Å². The molecule has 0 atom stereocenters. The Bertz CT molecular complexity index is 638. The molecule has 0 unspecified atom stereocenters. The monoisotopic (exact) mass is 312 g/mol. The van der Waals surface area contributed by atoms with Crippen LogP contribution in [-0.4, -0.2) is 21.3 Å². The first-order chi connectivity index (χ1) is 9.63. The molecule has 0 saturated carbocycles. The number of nitrogens with zero attached hydrogens (tertiary/aromatic N) is 2. The van der Waals surface area contributed by atoms with Gasteiger partial charge in [-0.15, -0.1) is 5.10 Å². The van der Waals surface area contributed by atoms with E-state index in [4.69, 9.17) is 11.6 Å². The van der Waals surface area contributed by atoms with Crippen LogP contribution in [0.15, 0.2) is 33.0 Å². The van der Waals surface area contributed by atoms with Gasteiger partial charge in [-0.3, -0.25) is 4.57 Å². The summed E-state index contributed by atoms with van der Waals surface area (Å²) in [5.41, 5.74) is 0.872. The molecule has 0 aliphatic heterocycles. The van der Waals surface area contributed by atoms with E-state index in [-0.39, 0.29) is 5.69 Å². The van der Waals surface area contributed by atoms with Gasteiger partial charge in [-0.2, -0.15) is 0 Å². The topological polar surface area (TPSA) is 62.7 Å². The fraction of sp³-hybridized carbons (Fsp3) is 0.385. The van der Waals surface area contributed by atoms with Gasteiger partial charge in [0, 0.05) is 18.5 Å². The summed E-state index contributed by atoms with van der Waals surface area (Å²) in [6.45, 7) is 3.83. The van der Waals surface area contributed by atoms with Crippen molar-refractivity contribution in [3.63, 3.8) is 0 Å². The maximum absolute atomic E-state index is 11.4. The van der Waals surface area contributed by atoms with Crippen molar-refractivity contribution in [2.75, 3.05) is 6.54 Å². The average molecular weight is 313 g/mol. The number of rotatable bonds is 6. The Morgan fingerprint density at radius 1 is 1.50 bits per heavy atom. The van der Waals surface area contributed by atoms with Crippen molar-refractivity contribution < 1.29 is 0 Å². The molecule has 0 spiro atoms. The molecule has 2 rings (SSSR count).